The van der Waals surface area contributed by atoms with E-state index in [1.165, 1.54) is 4.90 Å². The Labute approximate surface area is 162 Å². The van der Waals surface area contributed by atoms with Gasteiger partial charge in [-0.1, -0.05) is 36.4 Å². The van der Waals surface area contributed by atoms with Crippen molar-refractivity contribution in [2.45, 2.75) is 25.2 Å². The maximum atomic E-state index is 12.9. The Hall–Kier alpha value is -3.41. The highest BCUT2D eigenvalue weighted by molar-refractivity contribution is 6.09. The Kier molecular flexibility index (Phi) is 4.47. The highest BCUT2D eigenvalue weighted by Gasteiger charge is 2.49. The molecule has 28 heavy (non-hydrogen) atoms. The van der Waals surface area contributed by atoms with Gasteiger partial charge in [-0.2, -0.15) is 0 Å². The van der Waals surface area contributed by atoms with Crippen LogP contribution in [0, 0.1) is 0 Å². The number of aromatic nitrogens is 1. The van der Waals surface area contributed by atoms with E-state index in [1.54, 1.807) is 6.92 Å². The van der Waals surface area contributed by atoms with Crippen molar-refractivity contribution < 1.29 is 14.4 Å². The summed E-state index contributed by atoms with van der Waals surface area (Å²) in [5, 5.41) is 3.79. The minimum atomic E-state index is -0.870. The summed E-state index contributed by atoms with van der Waals surface area (Å²) < 4.78 is 0. The minimum Gasteiger partial charge on any atom is -0.361 e. The van der Waals surface area contributed by atoms with Gasteiger partial charge in [0.2, 0.25) is 17.7 Å². The number of hydrogen-bond donors (Lipinski definition) is 2. The molecule has 2 aromatic carbocycles. The number of nitrogens with one attached hydrogen (secondary N) is 2. The first-order valence-electron chi connectivity index (χ1n) is 9.25. The predicted molar refractivity (Wildman–Crippen MR) is 107 cm³/mol. The number of nitrogens with zero attached hydrogens (tertiary/aromatic N) is 1. The van der Waals surface area contributed by atoms with Gasteiger partial charge in [0.05, 0.1) is 11.1 Å². The van der Waals surface area contributed by atoms with Crippen LogP contribution in [0.5, 0.6) is 0 Å². The second kappa shape index (κ2) is 6.96. The highest BCUT2D eigenvalue weighted by Crippen LogP contribution is 2.36. The van der Waals surface area contributed by atoms with Crippen LogP contribution in [-0.2, 0) is 19.8 Å². The maximum Gasteiger partial charge on any atom is 0.240 e. The van der Waals surface area contributed by atoms with Gasteiger partial charge in [-0.05, 0) is 30.7 Å². The molecule has 142 valence electrons. The van der Waals surface area contributed by atoms with Crippen molar-refractivity contribution in [2.24, 2.45) is 0 Å². The average Bonchev–Trinajstić information content (AvgIpc) is 3.26. The van der Waals surface area contributed by atoms with Crippen LogP contribution >= 0.6 is 0 Å². The number of imide groups is 1. The number of carbonyl (C=O) groups excluding carboxylic acids is 3. The SMILES string of the molecule is C[C@]1(c2ccccc2)CC(=O)N(CCC(=O)Nc2cccc3[nH]ccc23)C1=O. The van der Waals surface area contributed by atoms with Crippen molar-refractivity contribution in [3.05, 3.63) is 66.4 Å². The first-order valence-corrected chi connectivity index (χ1v) is 9.25. The third-order valence-electron chi connectivity index (χ3n) is 5.37. The van der Waals surface area contributed by atoms with Crippen molar-refractivity contribution in [2.75, 3.05) is 11.9 Å². The number of anilines is 1. The fourth-order valence-corrected chi connectivity index (χ4v) is 3.76. The lowest BCUT2D eigenvalue weighted by molar-refractivity contribution is -0.139. The van der Waals surface area contributed by atoms with Crippen LogP contribution in [0.25, 0.3) is 10.9 Å². The van der Waals surface area contributed by atoms with Crippen LogP contribution in [-0.4, -0.2) is 34.2 Å². The van der Waals surface area contributed by atoms with E-state index in [1.807, 2.05) is 60.8 Å². The van der Waals surface area contributed by atoms with Gasteiger partial charge in [0, 0.05) is 36.5 Å². The molecule has 0 bridgehead atoms. The van der Waals surface area contributed by atoms with Crippen molar-refractivity contribution in [1.29, 1.82) is 0 Å². The second-order valence-electron chi connectivity index (χ2n) is 7.27. The predicted octanol–water partition coefficient (Wildman–Crippen LogP) is 3.21. The lowest BCUT2D eigenvalue weighted by Crippen LogP contribution is -2.38. The second-order valence-corrected chi connectivity index (χ2v) is 7.27. The Morgan fingerprint density at radius 3 is 2.68 bits per heavy atom. The van der Waals surface area contributed by atoms with Crippen LogP contribution in [0.2, 0.25) is 0 Å². The standard InChI is InChI=1S/C22H21N3O3/c1-22(15-6-3-2-4-7-15)14-20(27)25(21(22)28)13-11-19(26)24-18-9-5-8-17-16(18)10-12-23-17/h2-10,12,23H,11,13-14H2,1H3,(H,24,26)/t22-/m1/s1. The molecule has 0 radical (unpaired) electrons. The monoisotopic (exact) mass is 375 g/mol. The van der Waals surface area contributed by atoms with Crippen molar-refractivity contribution in [1.82, 2.24) is 9.88 Å². The van der Waals surface area contributed by atoms with E-state index >= 15 is 0 Å². The number of amides is 3. The smallest absolute Gasteiger partial charge is 0.240 e. The van der Waals surface area contributed by atoms with E-state index in [0.29, 0.717) is 5.69 Å². The molecular formula is C22H21N3O3. The molecule has 1 aliphatic heterocycles. The summed E-state index contributed by atoms with van der Waals surface area (Å²) in [6, 6.07) is 16.8. The summed E-state index contributed by atoms with van der Waals surface area (Å²) >= 11 is 0. The van der Waals surface area contributed by atoms with Crippen LogP contribution < -0.4 is 5.32 Å². The summed E-state index contributed by atoms with van der Waals surface area (Å²) in [7, 11) is 0. The fraction of sp³-hybridized carbons (Fsp3) is 0.227. The molecule has 1 fully saturated rings. The van der Waals surface area contributed by atoms with Gasteiger partial charge in [-0.25, -0.2) is 0 Å². The molecule has 6 heteroatoms. The van der Waals surface area contributed by atoms with E-state index in [9.17, 15) is 14.4 Å². The molecule has 0 unspecified atom stereocenters. The zero-order valence-electron chi connectivity index (χ0n) is 15.6. The molecule has 3 amide bonds. The van der Waals surface area contributed by atoms with Gasteiger partial charge in [0.25, 0.3) is 0 Å². The molecule has 1 aliphatic rings. The van der Waals surface area contributed by atoms with Crippen molar-refractivity contribution in [3.63, 3.8) is 0 Å². The molecular weight excluding hydrogens is 354 g/mol. The van der Waals surface area contributed by atoms with Gasteiger partial charge in [0.1, 0.15) is 0 Å². The molecule has 0 spiro atoms. The Balaban J connectivity index is 1.43. The molecule has 6 nitrogen and oxygen atoms in total. The summed E-state index contributed by atoms with van der Waals surface area (Å²) in [5.74, 6) is -0.719. The molecule has 1 aromatic heterocycles. The number of carbonyl (C=O) groups is 3. The van der Waals surface area contributed by atoms with Gasteiger partial charge in [-0.15, -0.1) is 0 Å². The van der Waals surface area contributed by atoms with Gasteiger partial charge >= 0.3 is 0 Å². The Morgan fingerprint density at radius 1 is 1.11 bits per heavy atom. The zero-order chi connectivity index (χ0) is 19.7. The highest BCUT2D eigenvalue weighted by atomic mass is 16.2. The number of H-pyrrole nitrogens is 1. The molecule has 2 N–H and O–H groups in total. The quantitative estimate of drug-likeness (QED) is 0.672. The largest absolute Gasteiger partial charge is 0.361 e. The minimum absolute atomic E-state index is 0.0587. The summed E-state index contributed by atoms with van der Waals surface area (Å²) in [5.41, 5.74) is 1.59. The van der Waals surface area contributed by atoms with Crippen LogP contribution in [0.4, 0.5) is 5.69 Å². The first-order chi connectivity index (χ1) is 13.5. The number of rotatable bonds is 5. The summed E-state index contributed by atoms with van der Waals surface area (Å²) in [4.78, 5) is 42.1. The number of likely N-dealkylation sites (tertiary alicyclic amines) is 1. The van der Waals surface area contributed by atoms with E-state index in [-0.39, 0.29) is 37.1 Å². The van der Waals surface area contributed by atoms with Gasteiger partial charge in [0.15, 0.2) is 0 Å². The van der Waals surface area contributed by atoms with Crippen LogP contribution in [0.1, 0.15) is 25.3 Å². The van der Waals surface area contributed by atoms with Gasteiger partial charge in [-0.3, -0.25) is 19.3 Å². The molecule has 3 aromatic rings. The Bertz CT molecular complexity index is 1060. The number of hydrogen-bond acceptors (Lipinski definition) is 3. The fourth-order valence-electron chi connectivity index (χ4n) is 3.76. The first kappa shape index (κ1) is 18.0. The maximum absolute atomic E-state index is 12.9. The third-order valence-corrected chi connectivity index (χ3v) is 5.37. The lowest BCUT2D eigenvalue weighted by Gasteiger charge is -2.22. The third kappa shape index (κ3) is 3.07. The zero-order valence-corrected chi connectivity index (χ0v) is 15.6. The summed E-state index contributed by atoms with van der Waals surface area (Å²) in [6.07, 6.45) is 2.00. The number of aromatic amines is 1. The van der Waals surface area contributed by atoms with E-state index in [0.717, 1.165) is 16.5 Å². The topological polar surface area (TPSA) is 82.3 Å². The number of benzene rings is 2. The van der Waals surface area contributed by atoms with Crippen molar-refractivity contribution in [3.8, 4) is 0 Å². The molecule has 4 rings (SSSR count). The lowest BCUT2D eigenvalue weighted by atomic mass is 9.81. The number of fused-ring (bicyclic) bond motifs is 1. The molecule has 1 atom stereocenters. The molecule has 2 heterocycles. The normalized spacial score (nSPS) is 19.4. The van der Waals surface area contributed by atoms with Crippen LogP contribution in [0.3, 0.4) is 0 Å². The van der Waals surface area contributed by atoms with E-state index in [2.05, 4.69) is 10.3 Å². The Morgan fingerprint density at radius 2 is 1.89 bits per heavy atom. The van der Waals surface area contributed by atoms with E-state index < -0.39 is 5.41 Å². The summed E-state index contributed by atoms with van der Waals surface area (Å²) in [6.45, 7) is 1.87. The molecule has 0 saturated carbocycles. The average molecular weight is 375 g/mol. The van der Waals surface area contributed by atoms with Gasteiger partial charge < -0.3 is 10.3 Å². The van der Waals surface area contributed by atoms with Crippen LogP contribution in [0.15, 0.2) is 60.8 Å². The van der Waals surface area contributed by atoms with E-state index in [4.69, 9.17) is 0 Å². The van der Waals surface area contributed by atoms with Crippen molar-refractivity contribution >= 4 is 34.3 Å². The molecule has 0 aliphatic carbocycles. The molecule has 1 saturated heterocycles.